The number of aryl methyl sites for hydroxylation is 1. The van der Waals surface area contributed by atoms with Crippen LogP contribution in [0.3, 0.4) is 0 Å². The average Bonchev–Trinajstić information content (AvgIpc) is 3.82. The van der Waals surface area contributed by atoms with E-state index in [2.05, 4.69) is 10.8 Å². The standard InChI is InChI=1S/C37H38F2N4O4/c1-7-26-29(38)13-10-22-14-25(46-19-45-6)15-27(31(22)26)34-33(39)32-28(16-40-34)35(41-20(2)30(32)21-8-9-21)42-17-23-11-12-24(18-42)43(23)36(44)47-37(3,4)5/h1,10,13-16,21,23-24H,8-9,11-12,17-19H2,2-6H3. The molecule has 2 atom stereocenters. The number of ether oxygens (including phenoxy) is 3. The molecule has 4 heterocycles. The highest BCUT2D eigenvalue weighted by molar-refractivity contribution is 6.04. The molecule has 2 aromatic carbocycles. The molecule has 1 saturated carbocycles. The van der Waals surface area contributed by atoms with Gasteiger partial charge in [-0.25, -0.2) is 18.6 Å². The van der Waals surface area contributed by atoms with E-state index in [-0.39, 0.29) is 42.1 Å². The summed E-state index contributed by atoms with van der Waals surface area (Å²) in [7, 11) is 1.51. The first-order valence-electron chi connectivity index (χ1n) is 16.1. The lowest BCUT2D eigenvalue weighted by atomic mass is 9.93. The van der Waals surface area contributed by atoms with Crippen LogP contribution in [0.1, 0.15) is 69.2 Å². The van der Waals surface area contributed by atoms with Crippen LogP contribution < -0.4 is 9.64 Å². The highest BCUT2D eigenvalue weighted by Gasteiger charge is 2.45. The molecule has 1 amide bonds. The second kappa shape index (κ2) is 11.6. The van der Waals surface area contributed by atoms with Crippen LogP contribution in [-0.2, 0) is 9.47 Å². The summed E-state index contributed by atoms with van der Waals surface area (Å²) in [5.41, 5.74) is 1.48. The predicted octanol–water partition coefficient (Wildman–Crippen LogP) is 7.47. The average molecular weight is 641 g/mol. The summed E-state index contributed by atoms with van der Waals surface area (Å²) in [6, 6.07) is 6.18. The number of piperazine rings is 1. The van der Waals surface area contributed by atoms with E-state index < -0.39 is 17.2 Å². The molecule has 4 aromatic rings. The van der Waals surface area contributed by atoms with Crippen molar-refractivity contribution in [3.05, 3.63) is 58.9 Å². The molecule has 7 rings (SSSR count). The van der Waals surface area contributed by atoms with Gasteiger partial charge in [-0.05, 0) is 88.4 Å². The number of carbonyl (C=O) groups is 1. The van der Waals surface area contributed by atoms with Gasteiger partial charge in [0, 0.05) is 53.8 Å². The maximum atomic E-state index is 17.3. The van der Waals surface area contributed by atoms with Crippen molar-refractivity contribution >= 4 is 33.5 Å². The highest BCUT2D eigenvalue weighted by Crippen LogP contribution is 2.48. The number of nitrogens with zero attached hydrogens (tertiary/aromatic N) is 4. The van der Waals surface area contributed by atoms with Gasteiger partial charge in [0.05, 0.1) is 17.6 Å². The number of terminal acetylenes is 1. The molecular formula is C37H38F2N4O4. The van der Waals surface area contributed by atoms with Gasteiger partial charge in [0.1, 0.15) is 28.7 Å². The molecule has 2 bridgehead atoms. The molecule has 2 aromatic heterocycles. The Kier molecular flexibility index (Phi) is 7.71. The van der Waals surface area contributed by atoms with Crippen LogP contribution in [0.25, 0.3) is 32.8 Å². The van der Waals surface area contributed by atoms with Crippen LogP contribution >= 0.6 is 0 Å². The Morgan fingerprint density at radius 1 is 1.09 bits per heavy atom. The van der Waals surface area contributed by atoms with Crippen molar-refractivity contribution < 1.29 is 27.8 Å². The molecule has 0 spiro atoms. The van der Waals surface area contributed by atoms with Gasteiger partial charge in [-0.2, -0.15) is 0 Å². The van der Waals surface area contributed by atoms with Crippen molar-refractivity contribution in [2.45, 2.75) is 77.0 Å². The smallest absolute Gasteiger partial charge is 0.410 e. The summed E-state index contributed by atoms with van der Waals surface area (Å²) >= 11 is 0. The Labute approximate surface area is 273 Å². The van der Waals surface area contributed by atoms with Gasteiger partial charge in [0.25, 0.3) is 0 Å². The van der Waals surface area contributed by atoms with Gasteiger partial charge in [0.15, 0.2) is 12.6 Å². The number of fused-ring (bicyclic) bond motifs is 4. The van der Waals surface area contributed by atoms with E-state index in [0.717, 1.165) is 36.9 Å². The maximum Gasteiger partial charge on any atom is 0.410 e. The van der Waals surface area contributed by atoms with Gasteiger partial charge in [-0.1, -0.05) is 12.0 Å². The van der Waals surface area contributed by atoms with Gasteiger partial charge in [-0.15, -0.1) is 6.42 Å². The number of hydrogen-bond donors (Lipinski definition) is 0. The number of aromatic nitrogens is 2. The number of carbonyl (C=O) groups excluding carboxylic acids is 1. The topological polar surface area (TPSA) is 77.0 Å². The Hall–Kier alpha value is -4.49. The lowest BCUT2D eigenvalue weighted by molar-refractivity contribution is 0.0123. The van der Waals surface area contributed by atoms with E-state index in [1.165, 1.54) is 13.2 Å². The first kappa shape index (κ1) is 31.1. The molecule has 10 heteroatoms. The summed E-state index contributed by atoms with van der Waals surface area (Å²) in [5, 5.41) is 2.06. The minimum Gasteiger partial charge on any atom is -0.468 e. The van der Waals surface area contributed by atoms with E-state index in [1.807, 2.05) is 32.6 Å². The third-order valence-electron chi connectivity index (χ3n) is 9.35. The molecule has 8 nitrogen and oxygen atoms in total. The third kappa shape index (κ3) is 5.50. The van der Waals surface area contributed by atoms with Crippen LogP contribution in [0, 0.1) is 30.9 Å². The molecule has 3 aliphatic rings. The maximum absolute atomic E-state index is 17.3. The zero-order valence-corrected chi connectivity index (χ0v) is 27.3. The van der Waals surface area contributed by atoms with Gasteiger partial charge in [0.2, 0.25) is 0 Å². The minimum atomic E-state index is -0.588. The number of anilines is 1. The van der Waals surface area contributed by atoms with Crippen LogP contribution in [0.4, 0.5) is 19.4 Å². The molecule has 0 radical (unpaired) electrons. The lowest BCUT2D eigenvalue weighted by Gasteiger charge is -2.42. The molecule has 2 saturated heterocycles. The van der Waals surface area contributed by atoms with Crippen molar-refractivity contribution in [2.24, 2.45) is 0 Å². The monoisotopic (exact) mass is 640 g/mol. The van der Waals surface area contributed by atoms with Crippen LogP contribution in [-0.4, -0.2) is 65.6 Å². The van der Waals surface area contributed by atoms with Crippen molar-refractivity contribution in [3.63, 3.8) is 0 Å². The third-order valence-corrected chi connectivity index (χ3v) is 9.35. The SMILES string of the molecule is C#Cc1c(F)ccc2cc(OCOC)cc(-c3ncc4c(N5CC6CCC(C5)N6C(=O)OC(C)(C)C)nc(C)c(C5CC5)c4c3F)c12. The molecular weight excluding hydrogens is 602 g/mol. The number of amides is 1. The first-order valence-corrected chi connectivity index (χ1v) is 16.1. The number of benzene rings is 2. The summed E-state index contributed by atoms with van der Waals surface area (Å²) in [6.45, 7) is 8.63. The number of halogens is 2. The van der Waals surface area contributed by atoms with Crippen LogP contribution in [0.2, 0.25) is 0 Å². The molecule has 2 aliphatic heterocycles. The molecule has 0 N–H and O–H groups in total. The second-order valence-corrected chi connectivity index (χ2v) is 13.8. The van der Waals surface area contributed by atoms with Crippen molar-refractivity contribution in [1.82, 2.24) is 14.9 Å². The summed E-state index contributed by atoms with van der Waals surface area (Å²) in [5.74, 6) is 2.63. The Morgan fingerprint density at radius 3 is 2.45 bits per heavy atom. The van der Waals surface area contributed by atoms with Crippen molar-refractivity contribution in [3.8, 4) is 29.4 Å². The van der Waals surface area contributed by atoms with Gasteiger partial charge in [-0.3, -0.25) is 9.88 Å². The molecule has 3 fully saturated rings. The second-order valence-electron chi connectivity index (χ2n) is 13.8. The normalized spacial score (nSPS) is 19.4. The van der Waals surface area contributed by atoms with Crippen molar-refractivity contribution in [2.75, 3.05) is 31.9 Å². The van der Waals surface area contributed by atoms with E-state index >= 15 is 8.78 Å². The molecule has 244 valence electrons. The Balaban J connectivity index is 1.38. The Morgan fingerprint density at radius 2 is 1.81 bits per heavy atom. The zero-order chi connectivity index (χ0) is 33.2. The number of methoxy groups -OCH3 is 1. The summed E-state index contributed by atoms with van der Waals surface area (Å²) in [4.78, 5) is 26.9. The van der Waals surface area contributed by atoms with Crippen LogP contribution in [0.5, 0.6) is 5.75 Å². The fourth-order valence-corrected chi connectivity index (χ4v) is 7.32. The van der Waals surface area contributed by atoms with E-state index in [9.17, 15) is 4.79 Å². The quantitative estimate of drug-likeness (QED) is 0.160. The lowest BCUT2D eigenvalue weighted by Crippen LogP contribution is -2.57. The minimum absolute atomic E-state index is 0.0228. The molecule has 1 aliphatic carbocycles. The fraction of sp³-hybridized carbons (Fsp3) is 0.432. The summed E-state index contributed by atoms with van der Waals surface area (Å²) in [6.07, 6.45) is 10.8. The fourth-order valence-electron chi connectivity index (χ4n) is 7.32. The predicted molar refractivity (Wildman–Crippen MR) is 177 cm³/mol. The van der Waals surface area contributed by atoms with E-state index in [0.29, 0.717) is 51.8 Å². The van der Waals surface area contributed by atoms with Gasteiger partial charge < -0.3 is 19.1 Å². The Bertz CT molecular complexity index is 1950. The van der Waals surface area contributed by atoms with Gasteiger partial charge >= 0.3 is 6.09 Å². The van der Waals surface area contributed by atoms with Crippen LogP contribution in [0.15, 0.2) is 30.5 Å². The largest absolute Gasteiger partial charge is 0.468 e. The van der Waals surface area contributed by atoms with E-state index in [4.69, 9.17) is 30.6 Å². The highest BCUT2D eigenvalue weighted by atomic mass is 19.1. The van der Waals surface area contributed by atoms with E-state index in [1.54, 1.807) is 24.4 Å². The molecule has 47 heavy (non-hydrogen) atoms. The summed E-state index contributed by atoms with van der Waals surface area (Å²) < 4.78 is 48.9. The number of pyridine rings is 2. The zero-order valence-electron chi connectivity index (χ0n) is 27.3. The number of hydrogen-bond acceptors (Lipinski definition) is 7. The van der Waals surface area contributed by atoms with Crippen molar-refractivity contribution in [1.29, 1.82) is 0 Å². The number of rotatable bonds is 6. The molecule has 2 unspecified atom stereocenters. The first-order chi connectivity index (χ1) is 22.5.